The molecular formula is C20H26ClN3. The average Bonchev–Trinajstić information content (AvgIpc) is 2.56. The van der Waals surface area contributed by atoms with E-state index in [9.17, 15) is 0 Å². The predicted octanol–water partition coefficient (Wildman–Crippen LogP) is 4.96. The topological polar surface area (TPSA) is 18.5 Å². The van der Waals surface area contributed by atoms with E-state index in [1.807, 2.05) is 24.3 Å². The SMILES string of the molecule is CC(C)c1cc(Nc2cccc(Cl)c2)ccc1N1CCN(C)CC1. The molecule has 2 aromatic carbocycles. The van der Waals surface area contributed by atoms with Crippen molar-refractivity contribution in [2.24, 2.45) is 0 Å². The van der Waals surface area contributed by atoms with Gasteiger partial charge in [-0.05, 0) is 54.9 Å². The van der Waals surface area contributed by atoms with Gasteiger partial charge in [0.1, 0.15) is 0 Å². The second-order valence-electron chi connectivity index (χ2n) is 6.85. The Balaban J connectivity index is 1.84. The second-order valence-corrected chi connectivity index (χ2v) is 7.29. The van der Waals surface area contributed by atoms with E-state index >= 15 is 0 Å². The molecule has 1 saturated heterocycles. The number of nitrogens with one attached hydrogen (secondary N) is 1. The highest BCUT2D eigenvalue weighted by Crippen LogP contribution is 2.32. The molecule has 0 aromatic heterocycles. The van der Waals surface area contributed by atoms with Gasteiger partial charge in [0.2, 0.25) is 0 Å². The van der Waals surface area contributed by atoms with Crippen LogP contribution in [0.4, 0.5) is 17.1 Å². The summed E-state index contributed by atoms with van der Waals surface area (Å²) in [6, 6.07) is 14.5. The second kappa shape index (κ2) is 7.45. The van der Waals surface area contributed by atoms with Gasteiger partial charge in [0, 0.05) is 48.3 Å². The van der Waals surface area contributed by atoms with E-state index in [4.69, 9.17) is 11.6 Å². The third-order valence-corrected chi connectivity index (χ3v) is 4.84. The van der Waals surface area contributed by atoms with E-state index in [0.717, 1.165) is 42.6 Å². The maximum Gasteiger partial charge on any atom is 0.0426 e. The molecule has 128 valence electrons. The summed E-state index contributed by atoms with van der Waals surface area (Å²) in [4.78, 5) is 4.90. The summed E-state index contributed by atoms with van der Waals surface area (Å²) in [5.41, 5.74) is 4.89. The fourth-order valence-electron chi connectivity index (χ4n) is 3.16. The molecule has 4 heteroatoms. The summed E-state index contributed by atoms with van der Waals surface area (Å²) < 4.78 is 0. The zero-order chi connectivity index (χ0) is 17.1. The molecule has 0 radical (unpaired) electrons. The molecule has 3 nitrogen and oxygen atoms in total. The zero-order valence-electron chi connectivity index (χ0n) is 14.7. The maximum atomic E-state index is 6.08. The van der Waals surface area contributed by atoms with E-state index in [-0.39, 0.29) is 0 Å². The van der Waals surface area contributed by atoms with Crippen LogP contribution in [0.1, 0.15) is 25.3 Å². The van der Waals surface area contributed by atoms with Crippen LogP contribution in [-0.2, 0) is 0 Å². The normalized spacial score (nSPS) is 15.8. The summed E-state index contributed by atoms with van der Waals surface area (Å²) in [5.74, 6) is 0.487. The number of halogens is 1. The molecule has 1 aliphatic heterocycles. The monoisotopic (exact) mass is 343 g/mol. The summed E-state index contributed by atoms with van der Waals surface area (Å²) >= 11 is 6.08. The van der Waals surface area contributed by atoms with Gasteiger partial charge in [0.05, 0.1) is 0 Å². The molecule has 0 atom stereocenters. The van der Waals surface area contributed by atoms with Gasteiger partial charge in [0.25, 0.3) is 0 Å². The number of nitrogens with zero attached hydrogens (tertiary/aromatic N) is 2. The molecule has 1 N–H and O–H groups in total. The smallest absolute Gasteiger partial charge is 0.0426 e. The van der Waals surface area contributed by atoms with Crippen LogP contribution in [0.15, 0.2) is 42.5 Å². The zero-order valence-corrected chi connectivity index (χ0v) is 15.5. The number of hydrogen-bond acceptors (Lipinski definition) is 3. The molecule has 1 aliphatic rings. The molecule has 1 fully saturated rings. The van der Waals surface area contributed by atoms with Crippen molar-refractivity contribution in [1.29, 1.82) is 0 Å². The standard InChI is InChI=1S/C20H26ClN3/c1-15(2)19-14-18(22-17-6-4-5-16(21)13-17)7-8-20(19)24-11-9-23(3)10-12-24/h4-8,13-15,22H,9-12H2,1-3H3. The lowest BCUT2D eigenvalue weighted by Crippen LogP contribution is -2.44. The van der Waals surface area contributed by atoms with Crippen molar-refractivity contribution < 1.29 is 0 Å². The first kappa shape index (κ1) is 17.1. The highest BCUT2D eigenvalue weighted by atomic mass is 35.5. The Labute approximate surface area is 150 Å². The van der Waals surface area contributed by atoms with Gasteiger partial charge in [-0.15, -0.1) is 0 Å². The third-order valence-electron chi connectivity index (χ3n) is 4.61. The van der Waals surface area contributed by atoms with E-state index in [1.165, 1.54) is 11.3 Å². The van der Waals surface area contributed by atoms with Crippen molar-refractivity contribution in [2.45, 2.75) is 19.8 Å². The van der Waals surface area contributed by atoms with Crippen LogP contribution in [0.25, 0.3) is 0 Å². The van der Waals surface area contributed by atoms with Gasteiger partial charge in [-0.2, -0.15) is 0 Å². The van der Waals surface area contributed by atoms with Crippen LogP contribution in [0, 0.1) is 0 Å². The van der Waals surface area contributed by atoms with Crippen molar-refractivity contribution in [3.63, 3.8) is 0 Å². The lowest BCUT2D eigenvalue weighted by Gasteiger charge is -2.36. The van der Waals surface area contributed by atoms with Crippen LogP contribution >= 0.6 is 11.6 Å². The van der Waals surface area contributed by atoms with Gasteiger partial charge in [-0.1, -0.05) is 31.5 Å². The lowest BCUT2D eigenvalue weighted by molar-refractivity contribution is 0.312. The predicted molar refractivity (Wildman–Crippen MR) is 105 cm³/mol. The van der Waals surface area contributed by atoms with Crippen molar-refractivity contribution >= 4 is 28.7 Å². The van der Waals surface area contributed by atoms with Crippen LogP contribution in [0.2, 0.25) is 5.02 Å². The van der Waals surface area contributed by atoms with Crippen molar-refractivity contribution in [3.8, 4) is 0 Å². The van der Waals surface area contributed by atoms with E-state index in [1.54, 1.807) is 0 Å². The van der Waals surface area contributed by atoms with Gasteiger partial charge in [-0.3, -0.25) is 0 Å². The molecular weight excluding hydrogens is 318 g/mol. The Bertz CT molecular complexity index is 691. The number of piperazine rings is 1. The summed E-state index contributed by atoms with van der Waals surface area (Å²) in [7, 11) is 2.19. The molecule has 1 heterocycles. The van der Waals surface area contributed by atoms with Gasteiger partial charge >= 0.3 is 0 Å². The Morgan fingerprint density at radius 1 is 0.958 bits per heavy atom. The maximum absolute atomic E-state index is 6.08. The summed E-state index contributed by atoms with van der Waals surface area (Å²) in [5, 5.41) is 4.21. The Morgan fingerprint density at radius 3 is 2.33 bits per heavy atom. The summed E-state index contributed by atoms with van der Waals surface area (Å²) in [6.45, 7) is 8.96. The fraction of sp³-hybridized carbons (Fsp3) is 0.400. The molecule has 0 amide bonds. The van der Waals surface area contributed by atoms with Crippen molar-refractivity contribution in [1.82, 2.24) is 4.90 Å². The first-order valence-corrected chi connectivity index (χ1v) is 9.01. The minimum absolute atomic E-state index is 0.487. The molecule has 0 spiro atoms. The molecule has 0 unspecified atom stereocenters. The van der Waals surface area contributed by atoms with Crippen LogP contribution < -0.4 is 10.2 Å². The van der Waals surface area contributed by atoms with Crippen molar-refractivity contribution in [2.75, 3.05) is 43.4 Å². The van der Waals surface area contributed by atoms with Gasteiger partial charge in [-0.25, -0.2) is 0 Å². The molecule has 24 heavy (non-hydrogen) atoms. The first-order valence-electron chi connectivity index (χ1n) is 8.63. The first-order chi connectivity index (χ1) is 11.5. The number of benzene rings is 2. The van der Waals surface area contributed by atoms with E-state index in [2.05, 4.69) is 54.2 Å². The van der Waals surface area contributed by atoms with E-state index < -0.39 is 0 Å². The van der Waals surface area contributed by atoms with Crippen LogP contribution in [0.5, 0.6) is 0 Å². The minimum Gasteiger partial charge on any atom is -0.369 e. The molecule has 0 bridgehead atoms. The molecule has 0 aliphatic carbocycles. The Morgan fingerprint density at radius 2 is 1.67 bits per heavy atom. The molecule has 3 rings (SSSR count). The average molecular weight is 344 g/mol. The van der Waals surface area contributed by atoms with Gasteiger partial charge in [0.15, 0.2) is 0 Å². The lowest BCUT2D eigenvalue weighted by atomic mass is 9.99. The molecule has 0 saturated carbocycles. The number of anilines is 3. The highest BCUT2D eigenvalue weighted by molar-refractivity contribution is 6.30. The number of likely N-dealkylation sites (N-methyl/N-ethyl adjacent to an activating group) is 1. The quantitative estimate of drug-likeness (QED) is 0.846. The molecule has 2 aromatic rings. The Kier molecular flexibility index (Phi) is 5.32. The van der Waals surface area contributed by atoms with Gasteiger partial charge < -0.3 is 15.1 Å². The number of rotatable bonds is 4. The fourth-order valence-corrected chi connectivity index (χ4v) is 3.35. The Hall–Kier alpha value is -1.71. The highest BCUT2D eigenvalue weighted by Gasteiger charge is 2.18. The minimum atomic E-state index is 0.487. The largest absolute Gasteiger partial charge is 0.369 e. The van der Waals surface area contributed by atoms with E-state index in [0.29, 0.717) is 5.92 Å². The third kappa shape index (κ3) is 4.03. The summed E-state index contributed by atoms with van der Waals surface area (Å²) in [6.07, 6.45) is 0. The number of hydrogen-bond donors (Lipinski definition) is 1. The van der Waals surface area contributed by atoms with Crippen LogP contribution in [-0.4, -0.2) is 38.1 Å². The van der Waals surface area contributed by atoms with Crippen LogP contribution in [0.3, 0.4) is 0 Å². The van der Waals surface area contributed by atoms with Crippen molar-refractivity contribution in [3.05, 3.63) is 53.1 Å².